The van der Waals surface area contributed by atoms with E-state index in [2.05, 4.69) is 12.2 Å². The van der Waals surface area contributed by atoms with E-state index in [-0.39, 0.29) is 0 Å². The summed E-state index contributed by atoms with van der Waals surface area (Å²) in [5, 5.41) is 3.45. The van der Waals surface area contributed by atoms with Gasteiger partial charge in [-0.25, -0.2) is 0 Å². The second-order valence-corrected chi connectivity index (χ2v) is 6.71. The smallest absolute Gasteiger partial charge is 0.222 e. The number of hydrogen-bond acceptors (Lipinski definition) is 2. The Kier molecular flexibility index (Phi) is 5.68. The van der Waals surface area contributed by atoms with Gasteiger partial charge in [-0.15, -0.1) is 0 Å². The molecule has 1 saturated carbocycles. The number of hydrogen-bond donors (Lipinski definition) is 1. The Balaban J connectivity index is 1.72. The molecular weight excluding hydrogens is 236 g/mol. The van der Waals surface area contributed by atoms with Crippen molar-refractivity contribution in [1.29, 1.82) is 0 Å². The molecule has 110 valence electrons. The van der Waals surface area contributed by atoms with Gasteiger partial charge in [0.25, 0.3) is 0 Å². The largest absolute Gasteiger partial charge is 0.345 e. The molecule has 2 unspecified atom stereocenters. The van der Waals surface area contributed by atoms with E-state index in [0.717, 1.165) is 32.0 Å². The zero-order chi connectivity index (χ0) is 13.7. The third-order valence-electron chi connectivity index (χ3n) is 5.07. The fourth-order valence-corrected chi connectivity index (χ4v) is 3.64. The highest BCUT2D eigenvalue weighted by molar-refractivity contribution is 5.76. The minimum Gasteiger partial charge on any atom is -0.345 e. The van der Waals surface area contributed by atoms with E-state index < -0.39 is 0 Å². The normalized spacial score (nSPS) is 26.3. The van der Waals surface area contributed by atoms with Gasteiger partial charge in [-0.05, 0) is 56.5 Å². The minimum absolute atomic E-state index is 0.352. The van der Waals surface area contributed by atoms with Crippen LogP contribution < -0.4 is 5.32 Å². The first-order valence-corrected chi connectivity index (χ1v) is 8.11. The molecule has 1 heterocycles. The van der Waals surface area contributed by atoms with E-state index in [1.54, 1.807) is 0 Å². The number of carbonyl (C=O) groups is 1. The van der Waals surface area contributed by atoms with Crippen molar-refractivity contribution in [2.45, 2.75) is 51.9 Å². The molecule has 1 aliphatic heterocycles. The lowest BCUT2D eigenvalue weighted by Gasteiger charge is -2.29. The topological polar surface area (TPSA) is 32.3 Å². The van der Waals surface area contributed by atoms with Crippen LogP contribution in [-0.2, 0) is 4.79 Å². The fraction of sp³-hybridized carbons (Fsp3) is 0.938. The fourth-order valence-electron chi connectivity index (χ4n) is 3.64. The lowest BCUT2D eigenvalue weighted by Crippen LogP contribution is -2.37. The van der Waals surface area contributed by atoms with E-state index in [1.807, 2.05) is 11.9 Å². The quantitative estimate of drug-likeness (QED) is 0.829. The molecule has 1 N–H and O–H groups in total. The summed E-state index contributed by atoms with van der Waals surface area (Å²) in [7, 11) is 1.99. The van der Waals surface area contributed by atoms with Crippen molar-refractivity contribution >= 4 is 5.91 Å². The number of carbonyl (C=O) groups excluding carboxylic acids is 1. The summed E-state index contributed by atoms with van der Waals surface area (Å²) >= 11 is 0. The van der Waals surface area contributed by atoms with Gasteiger partial charge >= 0.3 is 0 Å². The van der Waals surface area contributed by atoms with Crippen LogP contribution in [0.1, 0.15) is 51.9 Å². The lowest BCUT2D eigenvalue weighted by atomic mass is 9.85. The molecule has 1 amide bonds. The molecule has 0 spiro atoms. The van der Waals surface area contributed by atoms with Crippen molar-refractivity contribution in [2.24, 2.45) is 17.8 Å². The number of nitrogens with zero attached hydrogens (tertiary/aromatic N) is 1. The molecule has 1 aliphatic carbocycles. The lowest BCUT2D eigenvalue weighted by molar-refractivity contribution is -0.131. The van der Waals surface area contributed by atoms with Crippen molar-refractivity contribution in [3.63, 3.8) is 0 Å². The zero-order valence-electron chi connectivity index (χ0n) is 12.7. The number of nitrogens with one attached hydrogen (secondary N) is 1. The molecule has 0 radical (unpaired) electrons. The van der Waals surface area contributed by atoms with Crippen LogP contribution in [0.4, 0.5) is 0 Å². The van der Waals surface area contributed by atoms with Crippen LogP contribution >= 0.6 is 0 Å². The molecule has 19 heavy (non-hydrogen) atoms. The Labute approximate surface area is 118 Å². The number of rotatable bonds is 5. The van der Waals surface area contributed by atoms with E-state index in [1.165, 1.54) is 38.5 Å². The highest BCUT2D eigenvalue weighted by Crippen LogP contribution is 2.26. The van der Waals surface area contributed by atoms with Crippen molar-refractivity contribution in [1.82, 2.24) is 10.2 Å². The van der Waals surface area contributed by atoms with Crippen LogP contribution in [-0.4, -0.2) is 37.5 Å². The van der Waals surface area contributed by atoms with Crippen LogP contribution in [0.15, 0.2) is 0 Å². The Morgan fingerprint density at radius 3 is 2.63 bits per heavy atom. The van der Waals surface area contributed by atoms with Gasteiger partial charge in [-0.3, -0.25) is 4.79 Å². The van der Waals surface area contributed by atoms with Gasteiger partial charge in [0.05, 0.1) is 0 Å². The molecule has 0 bridgehead atoms. The third-order valence-corrected chi connectivity index (χ3v) is 5.07. The molecule has 0 aromatic carbocycles. The summed E-state index contributed by atoms with van der Waals surface area (Å²) in [5.74, 6) is 2.33. The van der Waals surface area contributed by atoms with Crippen molar-refractivity contribution in [2.75, 3.05) is 26.7 Å². The van der Waals surface area contributed by atoms with Gasteiger partial charge in [-0.1, -0.05) is 19.8 Å². The Morgan fingerprint density at radius 1 is 1.26 bits per heavy atom. The van der Waals surface area contributed by atoms with Gasteiger partial charge < -0.3 is 10.2 Å². The molecule has 3 heteroatoms. The average Bonchev–Trinajstić information content (AvgIpc) is 2.92. The van der Waals surface area contributed by atoms with E-state index in [4.69, 9.17) is 0 Å². The van der Waals surface area contributed by atoms with E-state index >= 15 is 0 Å². The van der Waals surface area contributed by atoms with Crippen molar-refractivity contribution < 1.29 is 4.79 Å². The Hall–Kier alpha value is -0.570. The van der Waals surface area contributed by atoms with Crippen LogP contribution in [0.5, 0.6) is 0 Å². The van der Waals surface area contributed by atoms with Gasteiger partial charge in [0.1, 0.15) is 0 Å². The molecule has 2 atom stereocenters. The van der Waals surface area contributed by atoms with E-state index in [9.17, 15) is 4.79 Å². The number of piperidine rings is 1. The summed E-state index contributed by atoms with van der Waals surface area (Å²) in [6, 6.07) is 0. The van der Waals surface area contributed by atoms with Crippen molar-refractivity contribution in [3.8, 4) is 0 Å². The van der Waals surface area contributed by atoms with Gasteiger partial charge in [0.15, 0.2) is 0 Å². The van der Waals surface area contributed by atoms with Crippen LogP contribution in [0.2, 0.25) is 0 Å². The van der Waals surface area contributed by atoms with Crippen LogP contribution in [0, 0.1) is 17.8 Å². The minimum atomic E-state index is 0.352. The zero-order valence-corrected chi connectivity index (χ0v) is 12.7. The second-order valence-electron chi connectivity index (χ2n) is 6.71. The standard InChI is InChI=1S/C16H30N2O/c1-13(15-8-5-9-17-11-15)10-16(19)18(2)12-14-6-3-4-7-14/h13-15,17H,3-12H2,1-2H3. The first-order valence-electron chi connectivity index (χ1n) is 8.11. The summed E-state index contributed by atoms with van der Waals surface area (Å²) in [4.78, 5) is 14.3. The maximum absolute atomic E-state index is 12.3. The highest BCUT2D eigenvalue weighted by atomic mass is 16.2. The molecule has 0 aromatic heterocycles. The predicted octanol–water partition coefficient (Wildman–Crippen LogP) is 2.66. The third kappa shape index (κ3) is 4.48. The first kappa shape index (κ1) is 14.8. The Bertz CT molecular complexity index is 280. The van der Waals surface area contributed by atoms with E-state index in [0.29, 0.717) is 17.7 Å². The van der Waals surface area contributed by atoms with Crippen LogP contribution in [0.3, 0.4) is 0 Å². The predicted molar refractivity (Wildman–Crippen MR) is 79.0 cm³/mol. The summed E-state index contributed by atoms with van der Waals surface area (Å²) < 4.78 is 0. The Morgan fingerprint density at radius 2 is 2.00 bits per heavy atom. The summed E-state index contributed by atoms with van der Waals surface area (Å²) in [6.07, 6.45) is 8.64. The average molecular weight is 266 g/mol. The second kappa shape index (κ2) is 7.28. The highest BCUT2D eigenvalue weighted by Gasteiger charge is 2.24. The molecular formula is C16H30N2O. The summed E-state index contributed by atoms with van der Waals surface area (Å²) in [6.45, 7) is 5.48. The number of amides is 1. The molecule has 2 aliphatic rings. The van der Waals surface area contributed by atoms with Gasteiger partial charge in [0, 0.05) is 20.0 Å². The first-order chi connectivity index (χ1) is 9.16. The monoisotopic (exact) mass is 266 g/mol. The molecule has 2 rings (SSSR count). The maximum atomic E-state index is 12.3. The molecule has 2 fully saturated rings. The van der Waals surface area contributed by atoms with Gasteiger partial charge in [0.2, 0.25) is 5.91 Å². The SMILES string of the molecule is CC(CC(=O)N(C)CC1CCCC1)C1CCCNC1. The molecule has 0 aromatic rings. The molecule has 3 nitrogen and oxygen atoms in total. The molecule has 1 saturated heterocycles. The van der Waals surface area contributed by atoms with Crippen molar-refractivity contribution in [3.05, 3.63) is 0 Å². The summed E-state index contributed by atoms with van der Waals surface area (Å²) in [5.41, 5.74) is 0. The van der Waals surface area contributed by atoms with Crippen LogP contribution in [0.25, 0.3) is 0 Å². The van der Waals surface area contributed by atoms with Gasteiger partial charge in [-0.2, -0.15) is 0 Å². The maximum Gasteiger partial charge on any atom is 0.222 e.